The summed E-state index contributed by atoms with van der Waals surface area (Å²) in [5.74, 6) is -0.221. The lowest BCUT2D eigenvalue weighted by molar-refractivity contribution is -0.142. The van der Waals surface area contributed by atoms with Crippen LogP contribution in [0.15, 0.2) is 0 Å². The third-order valence-electron chi connectivity index (χ3n) is 4.56. The second-order valence-corrected chi connectivity index (χ2v) is 7.02. The minimum atomic E-state index is -0.808. The molecule has 0 saturated heterocycles. The number of hydrogen-bond acceptors (Lipinski definition) is 2. The van der Waals surface area contributed by atoms with Crippen LogP contribution < -0.4 is 0 Å². The Hall–Kier alpha value is -0.570. The van der Waals surface area contributed by atoms with Crippen LogP contribution in [0.25, 0.3) is 0 Å². The van der Waals surface area contributed by atoms with Crippen LogP contribution in [0.3, 0.4) is 0 Å². The van der Waals surface area contributed by atoms with Gasteiger partial charge in [0.05, 0.1) is 12.0 Å². The molecule has 1 fully saturated rings. The number of carboxylic acids is 1. The van der Waals surface area contributed by atoms with E-state index >= 15 is 0 Å². The van der Waals surface area contributed by atoms with E-state index in [4.69, 9.17) is 5.11 Å². The minimum absolute atomic E-state index is 0.297. The van der Waals surface area contributed by atoms with E-state index in [0.29, 0.717) is 17.8 Å². The lowest BCUT2D eigenvalue weighted by atomic mass is 9.68. The highest BCUT2D eigenvalue weighted by atomic mass is 16.4. The van der Waals surface area contributed by atoms with E-state index in [1.54, 1.807) is 6.92 Å². The Morgan fingerprint density at radius 1 is 1.22 bits per heavy atom. The van der Waals surface area contributed by atoms with Crippen molar-refractivity contribution in [1.82, 2.24) is 0 Å². The van der Waals surface area contributed by atoms with E-state index in [1.165, 1.54) is 0 Å². The van der Waals surface area contributed by atoms with Crippen LogP contribution in [-0.4, -0.2) is 22.3 Å². The van der Waals surface area contributed by atoms with Crippen LogP contribution in [0.2, 0.25) is 0 Å². The molecule has 1 aliphatic carbocycles. The number of aliphatic carboxylic acids is 1. The molecule has 0 amide bonds. The lowest BCUT2D eigenvalue weighted by Gasteiger charge is -2.38. The molecule has 2 atom stereocenters. The van der Waals surface area contributed by atoms with Gasteiger partial charge >= 0.3 is 5.97 Å². The first-order valence-corrected chi connectivity index (χ1v) is 7.12. The summed E-state index contributed by atoms with van der Waals surface area (Å²) >= 11 is 0. The van der Waals surface area contributed by atoms with Crippen LogP contribution >= 0.6 is 0 Å². The smallest absolute Gasteiger partial charge is 0.306 e. The van der Waals surface area contributed by atoms with Crippen LogP contribution in [0.1, 0.15) is 59.8 Å². The van der Waals surface area contributed by atoms with Crippen molar-refractivity contribution in [2.24, 2.45) is 23.2 Å². The summed E-state index contributed by atoms with van der Waals surface area (Å²) in [6.45, 7) is 8.51. The SMILES string of the molecule is CC(CC(O)C1CCC(C(C)(C)C)CC1)C(=O)O. The molecule has 0 aromatic heterocycles. The summed E-state index contributed by atoms with van der Waals surface area (Å²) in [4.78, 5) is 10.8. The summed E-state index contributed by atoms with van der Waals surface area (Å²) < 4.78 is 0. The largest absolute Gasteiger partial charge is 0.481 e. The van der Waals surface area contributed by atoms with Gasteiger partial charge in [0.15, 0.2) is 0 Å². The molecule has 3 nitrogen and oxygen atoms in total. The molecular weight excluding hydrogens is 228 g/mol. The summed E-state index contributed by atoms with van der Waals surface area (Å²) in [6.07, 6.45) is 4.33. The lowest BCUT2D eigenvalue weighted by Crippen LogP contribution is -2.32. The molecule has 18 heavy (non-hydrogen) atoms. The molecule has 0 spiro atoms. The first-order chi connectivity index (χ1) is 8.21. The standard InChI is InChI=1S/C15H28O3/c1-10(14(17)18)9-13(16)11-5-7-12(8-6-11)15(2,3)4/h10-13,16H,5-9H2,1-4H3,(H,17,18). The van der Waals surface area contributed by atoms with Gasteiger partial charge in [-0.3, -0.25) is 4.79 Å². The van der Waals surface area contributed by atoms with E-state index in [1.807, 2.05) is 0 Å². The van der Waals surface area contributed by atoms with Crippen molar-refractivity contribution in [2.45, 2.75) is 65.9 Å². The third kappa shape index (κ3) is 4.27. The highest BCUT2D eigenvalue weighted by Gasteiger charge is 2.33. The van der Waals surface area contributed by atoms with E-state index in [-0.39, 0.29) is 0 Å². The second kappa shape index (κ2) is 6.05. The van der Waals surface area contributed by atoms with Crippen LogP contribution in [-0.2, 0) is 4.79 Å². The number of hydrogen-bond donors (Lipinski definition) is 2. The molecular formula is C15H28O3. The number of aliphatic hydroxyl groups excluding tert-OH is 1. The summed E-state index contributed by atoms with van der Waals surface area (Å²) in [7, 11) is 0. The zero-order chi connectivity index (χ0) is 13.9. The van der Waals surface area contributed by atoms with Gasteiger partial charge in [0.1, 0.15) is 0 Å². The first-order valence-electron chi connectivity index (χ1n) is 7.12. The monoisotopic (exact) mass is 256 g/mol. The van der Waals surface area contributed by atoms with E-state index in [0.717, 1.165) is 31.6 Å². The van der Waals surface area contributed by atoms with Crippen LogP contribution in [0.5, 0.6) is 0 Å². The molecule has 0 bridgehead atoms. The van der Waals surface area contributed by atoms with Crippen molar-refractivity contribution in [3.8, 4) is 0 Å². The summed E-state index contributed by atoms with van der Waals surface area (Å²) in [5, 5.41) is 19.0. The Morgan fingerprint density at radius 2 is 1.72 bits per heavy atom. The molecule has 1 aliphatic rings. The van der Waals surface area contributed by atoms with E-state index in [9.17, 15) is 9.90 Å². The Labute approximate surface area is 111 Å². The Kier molecular flexibility index (Phi) is 5.20. The number of aliphatic hydroxyl groups is 1. The van der Waals surface area contributed by atoms with Crippen LogP contribution in [0, 0.1) is 23.2 Å². The fourth-order valence-corrected chi connectivity index (χ4v) is 3.03. The maximum absolute atomic E-state index is 10.8. The van der Waals surface area contributed by atoms with Crippen molar-refractivity contribution in [1.29, 1.82) is 0 Å². The number of rotatable bonds is 4. The number of carboxylic acid groups (broad SMARTS) is 1. The van der Waals surface area contributed by atoms with Crippen molar-refractivity contribution in [3.63, 3.8) is 0 Å². The van der Waals surface area contributed by atoms with Gasteiger partial charge in [0, 0.05) is 0 Å². The Balaban J connectivity index is 2.41. The Bertz CT molecular complexity index is 272. The van der Waals surface area contributed by atoms with E-state index in [2.05, 4.69) is 20.8 Å². The highest BCUT2D eigenvalue weighted by Crippen LogP contribution is 2.41. The topological polar surface area (TPSA) is 57.5 Å². The summed E-state index contributed by atoms with van der Waals surface area (Å²) in [6, 6.07) is 0. The van der Waals surface area contributed by atoms with Crippen molar-refractivity contribution in [3.05, 3.63) is 0 Å². The maximum atomic E-state index is 10.8. The molecule has 2 unspecified atom stereocenters. The first kappa shape index (κ1) is 15.5. The average molecular weight is 256 g/mol. The molecule has 3 heteroatoms. The predicted molar refractivity (Wildman–Crippen MR) is 72.3 cm³/mol. The number of carbonyl (C=O) groups is 1. The maximum Gasteiger partial charge on any atom is 0.306 e. The van der Waals surface area contributed by atoms with Crippen molar-refractivity contribution >= 4 is 5.97 Å². The van der Waals surface area contributed by atoms with Crippen molar-refractivity contribution < 1.29 is 15.0 Å². The fraction of sp³-hybridized carbons (Fsp3) is 0.933. The average Bonchev–Trinajstić information content (AvgIpc) is 2.27. The minimum Gasteiger partial charge on any atom is -0.481 e. The highest BCUT2D eigenvalue weighted by molar-refractivity contribution is 5.69. The van der Waals surface area contributed by atoms with E-state index < -0.39 is 18.0 Å². The fourth-order valence-electron chi connectivity index (χ4n) is 3.03. The van der Waals surface area contributed by atoms with Gasteiger partial charge in [-0.1, -0.05) is 27.7 Å². The van der Waals surface area contributed by atoms with Gasteiger partial charge in [-0.2, -0.15) is 0 Å². The molecule has 0 aliphatic heterocycles. The van der Waals surface area contributed by atoms with Gasteiger partial charge in [-0.15, -0.1) is 0 Å². The van der Waals surface area contributed by atoms with Crippen LogP contribution in [0.4, 0.5) is 0 Å². The molecule has 0 radical (unpaired) electrons. The van der Waals surface area contributed by atoms with Gasteiger partial charge in [-0.05, 0) is 49.4 Å². The normalized spacial score (nSPS) is 28.7. The van der Waals surface area contributed by atoms with Gasteiger partial charge in [0.25, 0.3) is 0 Å². The molecule has 106 valence electrons. The molecule has 0 heterocycles. The summed E-state index contributed by atoms with van der Waals surface area (Å²) in [5.41, 5.74) is 0.351. The zero-order valence-electron chi connectivity index (χ0n) is 12.1. The second-order valence-electron chi connectivity index (χ2n) is 7.02. The van der Waals surface area contributed by atoms with Gasteiger partial charge in [0.2, 0.25) is 0 Å². The molecule has 0 aromatic rings. The molecule has 1 saturated carbocycles. The predicted octanol–water partition coefficient (Wildman–Crippen LogP) is 3.31. The van der Waals surface area contributed by atoms with Gasteiger partial charge < -0.3 is 10.2 Å². The third-order valence-corrected chi connectivity index (χ3v) is 4.56. The molecule has 0 aromatic carbocycles. The Morgan fingerprint density at radius 3 is 2.11 bits per heavy atom. The molecule has 1 rings (SSSR count). The van der Waals surface area contributed by atoms with Gasteiger partial charge in [-0.25, -0.2) is 0 Å². The zero-order valence-corrected chi connectivity index (χ0v) is 12.1. The quantitative estimate of drug-likeness (QED) is 0.811. The van der Waals surface area contributed by atoms with Crippen molar-refractivity contribution in [2.75, 3.05) is 0 Å². The molecule has 2 N–H and O–H groups in total.